The molecule has 0 spiro atoms. The number of nitrogens with one attached hydrogen (secondary N) is 1. The minimum Gasteiger partial charge on any atom is -0.497 e. The number of amides is 1. The number of ether oxygens (including phenoxy) is 2. The van der Waals surface area contributed by atoms with Gasteiger partial charge in [0.1, 0.15) is 11.5 Å². The normalized spacial score (nSPS) is 12.1. The largest absolute Gasteiger partial charge is 0.497 e. The van der Waals surface area contributed by atoms with Crippen molar-refractivity contribution in [2.75, 3.05) is 18.2 Å². The van der Waals surface area contributed by atoms with Crippen LogP contribution in [0.1, 0.15) is 64.1 Å². The van der Waals surface area contributed by atoms with Crippen LogP contribution in [-0.2, 0) is 4.79 Å². The van der Waals surface area contributed by atoms with Crippen LogP contribution in [0.25, 0.3) is 0 Å². The molecule has 0 aliphatic heterocycles. The number of hydrogen-bond acceptors (Lipinski definition) is 6. The topological polar surface area (TPSA) is 78.3 Å². The Morgan fingerprint density at radius 2 is 1.74 bits per heavy atom. The first-order valence-electron chi connectivity index (χ1n) is 11.2. The van der Waals surface area contributed by atoms with Crippen molar-refractivity contribution in [2.45, 2.75) is 57.8 Å². The van der Waals surface area contributed by atoms with Gasteiger partial charge in [-0.15, -0.1) is 10.2 Å². The fourth-order valence-corrected chi connectivity index (χ4v) is 4.76. The molecule has 1 unspecified atom stereocenters. The second kappa shape index (κ2) is 11.8. The number of aromatic nitrogens is 3. The first-order valence-corrected chi connectivity index (χ1v) is 12.9. The predicted octanol–water partition coefficient (Wildman–Crippen LogP) is 6.62. The summed E-state index contributed by atoms with van der Waals surface area (Å²) in [4.78, 5) is 12.7. The Balaban J connectivity index is 1.69. The maximum atomic E-state index is 12.7. The molecule has 0 bridgehead atoms. The lowest BCUT2D eigenvalue weighted by molar-refractivity contribution is -0.113. The average Bonchev–Trinajstić information content (AvgIpc) is 3.24. The molecule has 7 nitrogen and oxygen atoms in total. The lowest BCUT2D eigenvalue weighted by Crippen LogP contribution is -2.17. The summed E-state index contributed by atoms with van der Waals surface area (Å²) in [5, 5.41) is 12.5. The lowest BCUT2D eigenvalue weighted by atomic mass is 10.0. The van der Waals surface area contributed by atoms with E-state index in [0.717, 1.165) is 27.2 Å². The summed E-state index contributed by atoms with van der Waals surface area (Å²) >= 11 is 4.87. The molecule has 3 rings (SSSR count). The zero-order valence-electron chi connectivity index (χ0n) is 20.3. The number of benzene rings is 2. The van der Waals surface area contributed by atoms with Crippen molar-refractivity contribution in [1.29, 1.82) is 0 Å². The number of carbonyl (C=O) groups excluding carboxylic acids is 1. The molecule has 0 aliphatic carbocycles. The predicted molar refractivity (Wildman–Crippen MR) is 140 cm³/mol. The Bertz CT molecular complexity index is 1120. The molecule has 0 saturated carbocycles. The van der Waals surface area contributed by atoms with E-state index in [0.29, 0.717) is 16.9 Å². The molecular weight excluding hydrogens is 516 g/mol. The first-order chi connectivity index (χ1) is 16.2. The number of anilines is 1. The lowest BCUT2D eigenvalue weighted by Gasteiger charge is -2.19. The smallest absolute Gasteiger partial charge is 0.234 e. The number of methoxy groups -OCH3 is 1. The minimum absolute atomic E-state index is 0.0865. The minimum atomic E-state index is -0.317. The molecule has 1 atom stereocenters. The number of hydrogen-bond donors (Lipinski definition) is 1. The third-order valence-electron chi connectivity index (χ3n) is 5.19. The van der Waals surface area contributed by atoms with E-state index in [1.165, 1.54) is 11.8 Å². The summed E-state index contributed by atoms with van der Waals surface area (Å²) in [5.74, 6) is 2.63. The molecule has 0 radical (unpaired) electrons. The highest BCUT2D eigenvalue weighted by Gasteiger charge is 2.22. The molecule has 1 amide bonds. The summed E-state index contributed by atoms with van der Waals surface area (Å²) in [6.07, 6.45) is -0.317. The molecule has 34 heavy (non-hydrogen) atoms. The van der Waals surface area contributed by atoms with Gasteiger partial charge in [0.15, 0.2) is 17.1 Å². The molecule has 0 fully saturated rings. The molecule has 182 valence electrons. The second-order valence-corrected chi connectivity index (χ2v) is 10.3. The Morgan fingerprint density at radius 3 is 2.35 bits per heavy atom. The summed E-state index contributed by atoms with van der Waals surface area (Å²) in [6, 6.07) is 13.4. The number of thioether (sulfide) groups is 1. The van der Waals surface area contributed by atoms with Crippen LogP contribution in [0, 0.1) is 0 Å². The Hall–Kier alpha value is -2.52. The molecule has 1 aromatic heterocycles. The summed E-state index contributed by atoms with van der Waals surface area (Å²) in [6.45, 7) is 10.3. The first kappa shape index (κ1) is 26.1. The van der Waals surface area contributed by atoms with Crippen LogP contribution in [0.2, 0.25) is 0 Å². The number of halogens is 1. The molecule has 1 N–H and O–H groups in total. The maximum Gasteiger partial charge on any atom is 0.234 e. The Kier molecular flexibility index (Phi) is 9.02. The van der Waals surface area contributed by atoms with Crippen LogP contribution in [0.15, 0.2) is 52.1 Å². The van der Waals surface area contributed by atoms with Crippen molar-refractivity contribution >= 4 is 39.3 Å². The van der Waals surface area contributed by atoms with E-state index in [9.17, 15) is 4.79 Å². The van der Waals surface area contributed by atoms with Gasteiger partial charge in [0.05, 0.1) is 12.9 Å². The maximum absolute atomic E-state index is 12.7. The van der Waals surface area contributed by atoms with Gasteiger partial charge in [-0.2, -0.15) is 0 Å². The average molecular weight is 548 g/mol. The van der Waals surface area contributed by atoms with Crippen LogP contribution in [0.4, 0.5) is 5.69 Å². The fourth-order valence-electron chi connectivity index (χ4n) is 3.50. The van der Waals surface area contributed by atoms with Crippen LogP contribution < -0.4 is 14.8 Å². The van der Waals surface area contributed by atoms with Gasteiger partial charge in [0.25, 0.3) is 0 Å². The van der Waals surface area contributed by atoms with Crippen molar-refractivity contribution in [2.24, 2.45) is 0 Å². The third-order valence-corrected chi connectivity index (χ3v) is 6.62. The van der Waals surface area contributed by atoms with Gasteiger partial charge in [0.2, 0.25) is 5.91 Å². The summed E-state index contributed by atoms with van der Waals surface area (Å²) < 4.78 is 14.3. The van der Waals surface area contributed by atoms with Crippen molar-refractivity contribution in [1.82, 2.24) is 14.8 Å². The van der Waals surface area contributed by atoms with E-state index < -0.39 is 0 Å². The van der Waals surface area contributed by atoms with Crippen molar-refractivity contribution in [3.63, 3.8) is 0 Å². The Morgan fingerprint density at radius 1 is 1.06 bits per heavy atom. The van der Waals surface area contributed by atoms with Gasteiger partial charge in [-0.1, -0.05) is 41.5 Å². The van der Waals surface area contributed by atoms with Gasteiger partial charge >= 0.3 is 0 Å². The highest BCUT2D eigenvalue weighted by atomic mass is 79.9. The van der Waals surface area contributed by atoms with Gasteiger partial charge in [-0.25, -0.2) is 0 Å². The van der Waals surface area contributed by atoms with E-state index in [1.54, 1.807) is 7.11 Å². The number of rotatable bonds is 10. The molecule has 0 aliphatic rings. The molecule has 9 heteroatoms. The number of nitrogens with zero attached hydrogens (tertiary/aromatic N) is 3. The zero-order chi connectivity index (χ0) is 24.8. The summed E-state index contributed by atoms with van der Waals surface area (Å²) in [7, 11) is 1.63. The highest BCUT2D eigenvalue weighted by Crippen LogP contribution is 2.30. The van der Waals surface area contributed by atoms with Crippen LogP contribution in [-0.4, -0.2) is 33.5 Å². The van der Waals surface area contributed by atoms with E-state index in [4.69, 9.17) is 9.47 Å². The van der Waals surface area contributed by atoms with Crippen molar-refractivity contribution < 1.29 is 14.3 Å². The van der Waals surface area contributed by atoms with Gasteiger partial charge in [-0.3, -0.25) is 4.79 Å². The quantitative estimate of drug-likeness (QED) is 0.287. The molecule has 2 aromatic carbocycles. The van der Waals surface area contributed by atoms with Crippen LogP contribution in [0.3, 0.4) is 0 Å². The molecule has 3 aromatic rings. The van der Waals surface area contributed by atoms with Crippen molar-refractivity contribution in [3.05, 3.63) is 58.3 Å². The van der Waals surface area contributed by atoms with Crippen molar-refractivity contribution in [3.8, 4) is 11.5 Å². The summed E-state index contributed by atoms with van der Waals surface area (Å²) in [5.41, 5.74) is 1.92. The van der Waals surface area contributed by atoms with E-state index in [1.807, 2.05) is 54.0 Å². The fraction of sp³-hybridized carbons (Fsp3) is 0.400. The van der Waals surface area contributed by atoms with E-state index >= 15 is 0 Å². The second-order valence-electron chi connectivity index (χ2n) is 8.46. The monoisotopic (exact) mass is 546 g/mol. The standard InChI is InChI=1S/C25H31BrN4O3S/c1-15(2)21-13-18(26)7-12-22(21)27-23(31)14-34-25-29-28-24(30(25)16(3)4)17(5)33-20-10-8-19(32-6)9-11-20/h7-13,15-17H,14H2,1-6H3,(H,27,31). The number of carbonyl (C=O) groups is 1. The molecular formula is C25H31BrN4O3S. The van der Waals surface area contributed by atoms with Gasteiger partial charge < -0.3 is 19.4 Å². The third kappa shape index (κ3) is 6.54. The Labute approximate surface area is 213 Å². The van der Waals surface area contributed by atoms with E-state index in [-0.39, 0.29) is 23.8 Å². The highest BCUT2D eigenvalue weighted by molar-refractivity contribution is 9.10. The van der Waals surface area contributed by atoms with Crippen LogP contribution >= 0.6 is 27.7 Å². The zero-order valence-corrected chi connectivity index (χ0v) is 22.7. The van der Waals surface area contributed by atoms with Crippen LogP contribution in [0.5, 0.6) is 11.5 Å². The SMILES string of the molecule is COc1ccc(OC(C)c2nnc(SCC(=O)Nc3ccc(Br)cc3C(C)C)n2C(C)C)cc1. The van der Waals surface area contributed by atoms with Gasteiger partial charge in [0, 0.05) is 16.2 Å². The van der Waals surface area contributed by atoms with E-state index in [2.05, 4.69) is 59.1 Å². The van der Waals surface area contributed by atoms with Gasteiger partial charge in [-0.05, 0) is 74.7 Å². The molecule has 1 heterocycles. The molecule has 0 saturated heterocycles.